The second kappa shape index (κ2) is 10.0. The SMILES string of the molecule is CCn1c(-c2cnc(C)nc2)nc2c(NC(CC(=O)N3C[C@@H](C)O[C@@H](C)C3)C(C)C)ncnc21. The number of aromatic nitrogens is 6. The standard InChI is InChI=1S/C24H34N8O2/c1-7-32-23(18-9-25-17(6)26-10-18)30-21-22(27-13-28-24(21)32)29-19(14(2)3)8-20(33)31-11-15(4)34-16(5)12-31/h9-10,13-16,19H,7-8,11-12H2,1-6H3,(H,27,28,29)/t15-,16+,19?. The van der Waals surface area contributed by atoms with Crippen LogP contribution in [0.25, 0.3) is 22.6 Å². The maximum Gasteiger partial charge on any atom is 0.224 e. The Morgan fingerprint density at radius 3 is 2.44 bits per heavy atom. The number of amides is 1. The van der Waals surface area contributed by atoms with E-state index in [2.05, 4.69) is 46.0 Å². The van der Waals surface area contributed by atoms with Gasteiger partial charge in [-0.05, 0) is 33.6 Å². The monoisotopic (exact) mass is 466 g/mol. The number of fused-ring (bicyclic) bond motifs is 1. The lowest BCUT2D eigenvalue weighted by Gasteiger charge is -2.36. The molecule has 1 aliphatic rings. The highest BCUT2D eigenvalue weighted by molar-refractivity contribution is 5.87. The van der Waals surface area contributed by atoms with Crippen LogP contribution in [0.5, 0.6) is 0 Å². The lowest BCUT2D eigenvalue weighted by molar-refractivity contribution is -0.143. The summed E-state index contributed by atoms with van der Waals surface area (Å²) in [6.07, 6.45) is 5.55. The Hall–Kier alpha value is -3.14. The van der Waals surface area contributed by atoms with Crippen LogP contribution in [-0.2, 0) is 16.1 Å². The summed E-state index contributed by atoms with van der Waals surface area (Å²) >= 11 is 0. The Morgan fingerprint density at radius 2 is 1.82 bits per heavy atom. The van der Waals surface area contributed by atoms with E-state index < -0.39 is 0 Å². The van der Waals surface area contributed by atoms with Crippen molar-refractivity contribution in [1.29, 1.82) is 0 Å². The Morgan fingerprint density at radius 1 is 1.15 bits per heavy atom. The fraction of sp³-hybridized carbons (Fsp3) is 0.583. The molecule has 3 aromatic rings. The Balaban J connectivity index is 1.61. The summed E-state index contributed by atoms with van der Waals surface area (Å²) in [6.45, 7) is 14.1. The molecule has 4 rings (SSSR count). The summed E-state index contributed by atoms with van der Waals surface area (Å²) in [7, 11) is 0. The molecule has 1 aliphatic heterocycles. The van der Waals surface area contributed by atoms with Crippen molar-refractivity contribution in [2.45, 2.75) is 72.8 Å². The first-order valence-electron chi connectivity index (χ1n) is 12.0. The van der Waals surface area contributed by atoms with Crippen LogP contribution in [0, 0.1) is 12.8 Å². The highest BCUT2D eigenvalue weighted by Gasteiger charge is 2.29. The van der Waals surface area contributed by atoms with Crippen LogP contribution in [0.15, 0.2) is 18.7 Å². The molecule has 10 nitrogen and oxygen atoms in total. The predicted octanol–water partition coefficient (Wildman–Crippen LogP) is 3.07. The fourth-order valence-corrected chi connectivity index (χ4v) is 4.40. The van der Waals surface area contributed by atoms with Gasteiger partial charge in [-0.1, -0.05) is 13.8 Å². The van der Waals surface area contributed by atoms with Crippen molar-refractivity contribution in [2.75, 3.05) is 18.4 Å². The second-order valence-electron chi connectivity index (χ2n) is 9.35. The summed E-state index contributed by atoms with van der Waals surface area (Å²) in [5, 5.41) is 3.50. The first-order chi connectivity index (χ1) is 16.3. The maximum absolute atomic E-state index is 13.1. The highest BCUT2D eigenvalue weighted by Crippen LogP contribution is 2.27. The number of carbonyl (C=O) groups is 1. The predicted molar refractivity (Wildman–Crippen MR) is 130 cm³/mol. The molecule has 4 heterocycles. The Kier molecular flexibility index (Phi) is 7.06. The van der Waals surface area contributed by atoms with Crippen molar-refractivity contribution in [3.05, 3.63) is 24.5 Å². The van der Waals surface area contributed by atoms with Gasteiger partial charge in [-0.2, -0.15) is 0 Å². The number of anilines is 1. The van der Waals surface area contributed by atoms with Crippen LogP contribution in [0.3, 0.4) is 0 Å². The lowest BCUT2D eigenvalue weighted by Crippen LogP contribution is -2.49. The number of rotatable bonds is 7. The number of ether oxygens (including phenoxy) is 1. The third kappa shape index (κ3) is 5.01. The van der Waals surface area contributed by atoms with E-state index in [-0.39, 0.29) is 30.1 Å². The molecule has 1 unspecified atom stereocenters. The van der Waals surface area contributed by atoms with Crippen molar-refractivity contribution in [3.8, 4) is 11.4 Å². The Labute approximate surface area is 200 Å². The second-order valence-corrected chi connectivity index (χ2v) is 9.35. The molecule has 3 aromatic heterocycles. The molecule has 0 aromatic carbocycles. The molecule has 1 N–H and O–H groups in total. The van der Waals surface area contributed by atoms with E-state index in [0.29, 0.717) is 43.2 Å². The molecule has 3 atom stereocenters. The maximum atomic E-state index is 13.1. The van der Waals surface area contributed by atoms with Crippen LogP contribution >= 0.6 is 0 Å². The van der Waals surface area contributed by atoms with Gasteiger partial charge in [-0.3, -0.25) is 4.79 Å². The zero-order valence-electron chi connectivity index (χ0n) is 20.8. The van der Waals surface area contributed by atoms with Gasteiger partial charge in [0.05, 0.1) is 17.8 Å². The third-order valence-corrected chi connectivity index (χ3v) is 6.18. The molecule has 182 valence electrons. The third-order valence-electron chi connectivity index (χ3n) is 6.18. The highest BCUT2D eigenvalue weighted by atomic mass is 16.5. The van der Waals surface area contributed by atoms with Crippen LogP contribution in [0.2, 0.25) is 0 Å². The minimum atomic E-state index is -0.100. The van der Waals surface area contributed by atoms with Gasteiger partial charge in [0.2, 0.25) is 5.91 Å². The van der Waals surface area contributed by atoms with Crippen molar-refractivity contribution >= 4 is 22.9 Å². The van der Waals surface area contributed by atoms with E-state index in [1.54, 1.807) is 18.7 Å². The molecule has 1 saturated heterocycles. The first kappa shape index (κ1) is 24.0. The smallest absolute Gasteiger partial charge is 0.224 e. The number of hydrogen-bond acceptors (Lipinski definition) is 8. The summed E-state index contributed by atoms with van der Waals surface area (Å²) in [5.41, 5.74) is 2.23. The quantitative estimate of drug-likeness (QED) is 0.566. The normalized spacial score (nSPS) is 19.6. The number of nitrogens with zero attached hydrogens (tertiary/aromatic N) is 7. The zero-order chi connectivity index (χ0) is 24.4. The molecule has 0 radical (unpaired) electrons. The number of hydrogen-bond donors (Lipinski definition) is 1. The molecule has 1 amide bonds. The molecular formula is C24H34N8O2. The van der Waals surface area contributed by atoms with E-state index in [0.717, 1.165) is 17.0 Å². The van der Waals surface area contributed by atoms with E-state index >= 15 is 0 Å². The van der Waals surface area contributed by atoms with E-state index in [1.807, 2.05) is 30.2 Å². The molecular weight excluding hydrogens is 432 g/mol. The van der Waals surface area contributed by atoms with Crippen molar-refractivity contribution in [3.63, 3.8) is 0 Å². The topological polar surface area (TPSA) is 111 Å². The molecule has 0 saturated carbocycles. The molecule has 0 aliphatic carbocycles. The molecule has 0 bridgehead atoms. The van der Waals surface area contributed by atoms with Gasteiger partial charge in [0.25, 0.3) is 0 Å². The summed E-state index contributed by atoms with van der Waals surface area (Å²) in [4.78, 5) is 37.5. The fourth-order valence-electron chi connectivity index (χ4n) is 4.40. The molecule has 0 spiro atoms. The molecule has 34 heavy (non-hydrogen) atoms. The van der Waals surface area contributed by atoms with Crippen LogP contribution in [0.1, 0.15) is 46.9 Å². The van der Waals surface area contributed by atoms with Crippen molar-refractivity contribution < 1.29 is 9.53 Å². The number of imidazole rings is 1. The molecule has 10 heteroatoms. The minimum absolute atomic E-state index is 0.0434. The van der Waals surface area contributed by atoms with E-state index in [4.69, 9.17) is 9.72 Å². The molecule has 1 fully saturated rings. The zero-order valence-corrected chi connectivity index (χ0v) is 20.8. The van der Waals surface area contributed by atoms with Crippen LogP contribution in [0.4, 0.5) is 5.82 Å². The van der Waals surface area contributed by atoms with Crippen LogP contribution in [-0.4, -0.2) is 71.6 Å². The first-order valence-corrected chi connectivity index (χ1v) is 12.0. The average Bonchev–Trinajstić information content (AvgIpc) is 3.18. The van der Waals surface area contributed by atoms with Gasteiger partial charge in [0.15, 0.2) is 17.0 Å². The van der Waals surface area contributed by atoms with Crippen LogP contribution < -0.4 is 5.32 Å². The van der Waals surface area contributed by atoms with E-state index in [1.165, 1.54) is 0 Å². The van der Waals surface area contributed by atoms with Gasteiger partial charge in [0, 0.05) is 44.5 Å². The summed E-state index contributed by atoms with van der Waals surface area (Å²) in [6, 6.07) is -0.100. The van der Waals surface area contributed by atoms with Gasteiger partial charge >= 0.3 is 0 Å². The number of carbonyl (C=O) groups excluding carboxylic acids is 1. The summed E-state index contributed by atoms with van der Waals surface area (Å²) < 4.78 is 7.81. The lowest BCUT2D eigenvalue weighted by atomic mass is 9.99. The van der Waals surface area contributed by atoms with Gasteiger partial charge in [-0.25, -0.2) is 24.9 Å². The van der Waals surface area contributed by atoms with E-state index in [9.17, 15) is 4.79 Å². The number of morpholine rings is 1. The van der Waals surface area contributed by atoms with Gasteiger partial charge in [0.1, 0.15) is 18.0 Å². The number of nitrogens with one attached hydrogen (secondary N) is 1. The largest absolute Gasteiger partial charge is 0.372 e. The van der Waals surface area contributed by atoms with Crippen molar-refractivity contribution in [2.24, 2.45) is 5.92 Å². The van der Waals surface area contributed by atoms with Crippen molar-refractivity contribution in [1.82, 2.24) is 34.4 Å². The minimum Gasteiger partial charge on any atom is -0.372 e. The van der Waals surface area contributed by atoms with Gasteiger partial charge in [-0.15, -0.1) is 0 Å². The van der Waals surface area contributed by atoms with Gasteiger partial charge < -0.3 is 19.5 Å². The Bertz CT molecular complexity index is 1130. The average molecular weight is 467 g/mol. The summed E-state index contributed by atoms with van der Waals surface area (Å²) in [5.74, 6) is 2.41. The number of aryl methyl sites for hydroxylation is 2.